The first kappa shape index (κ1) is 10.5. The molecule has 3 rings (SSSR count). The first-order chi connectivity index (χ1) is 7.88. The monoisotopic (exact) mass is 250 g/mol. The number of nitrogens with two attached hydrogens (primary N) is 1. The molecule has 0 spiro atoms. The molecule has 0 fully saturated rings. The van der Waals surface area contributed by atoms with E-state index in [1.807, 2.05) is 11.3 Å². The van der Waals surface area contributed by atoms with Gasteiger partial charge in [-0.2, -0.15) is 11.3 Å². The van der Waals surface area contributed by atoms with Crippen molar-refractivity contribution in [2.24, 2.45) is 5.84 Å². The van der Waals surface area contributed by atoms with E-state index in [9.17, 15) is 0 Å². The summed E-state index contributed by atoms with van der Waals surface area (Å²) in [6.07, 6.45) is 3.81. The van der Waals surface area contributed by atoms with Gasteiger partial charge in [-0.3, -0.25) is 5.84 Å². The van der Waals surface area contributed by atoms with Gasteiger partial charge in [0.05, 0.1) is 6.04 Å². The molecule has 0 aliphatic heterocycles. The van der Waals surface area contributed by atoms with E-state index in [4.69, 9.17) is 5.84 Å². The summed E-state index contributed by atoms with van der Waals surface area (Å²) in [7, 11) is 0. The van der Waals surface area contributed by atoms with Gasteiger partial charge in [-0.15, -0.1) is 11.3 Å². The Hall–Kier alpha value is -0.680. The zero-order chi connectivity index (χ0) is 11.0. The standard InChI is InChI=1S/C12H14N2S2/c13-14-12(9-4-5-15-7-9)11-6-8-2-1-3-10(8)16-11/h4-7,12,14H,1-3,13H2. The van der Waals surface area contributed by atoms with Crippen molar-refractivity contribution < 1.29 is 0 Å². The van der Waals surface area contributed by atoms with Gasteiger partial charge in [-0.1, -0.05) is 0 Å². The zero-order valence-electron chi connectivity index (χ0n) is 8.90. The lowest BCUT2D eigenvalue weighted by molar-refractivity contribution is 0.648. The number of fused-ring (bicyclic) bond motifs is 1. The Balaban J connectivity index is 1.95. The van der Waals surface area contributed by atoms with Gasteiger partial charge in [-0.05, 0) is 53.3 Å². The first-order valence-electron chi connectivity index (χ1n) is 5.48. The van der Waals surface area contributed by atoms with Crippen LogP contribution in [0.5, 0.6) is 0 Å². The second-order valence-corrected chi connectivity index (χ2v) is 6.06. The number of hydrogen-bond acceptors (Lipinski definition) is 4. The molecule has 1 unspecified atom stereocenters. The van der Waals surface area contributed by atoms with Crippen LogP contribution in [0.15, 0.2) is 22.9 Å². The van der Waals surface area contributed by atoms with Crippen molar-refractivity contribution in [1.82, 2.24) is 5.43 Å². The SMILES string of the molecule is NNC(c1ccsc1)c1cc2c(s1)CCC2. The third-order valence-electron chi connectivity index (χ3n) is 3.09. The predicted molar refractivity (Wildman–Crippen MR) is 69.8 cm³/mol. The quantitative estimate of drug-likeness (QED) is 0.649. The largest absolute Gasteiger partial charge is 0.271 e. The van der Waals surface area contributed by atoms with E-state index in [-0.39, 0.29) is 6.04 Å². The highest BCUT2D eigenvalue weighted by Gasteiger charge is 2.20. The van der Waals surface area contributed by atoms with Gasteiger partial charge in [0.25, 0.3) is 0 Å². The Kier molecular flexibility index (Phi) is 2.81. The summed E-state index contributed by atoms with van der Waals surface area (Å²) >= 11 is 3.63. The van der Waals surface area contributed by atoms with E-state index in [0.29, 0.717) is 0 Å². The maximum absolute atomic E-state index is 5.68. The highest BCUT2D eigenvalue weighted by atomic mass is 32.1. The molecule has 2 heterocycles. The van der Waals surface area contributed by atoms with E-state index in [1.165, 1.54) is 35.3 Å². The molecule has 4 heteroatoms. The van der Waals surface area contributed by atoms with Crippen LogP contribution in [-0.2, 0) is 12.8 Å². The summed E-state index contributed by atoms with van der Waals surface area (Å²) in [6, 6.07) is 4.64. The fourth-order valence-electron chi connectivity index (χ4n) is 2.28. The zero-order valence-corrected chi connectivity index (χ0v) is 10.5. The van der Waals surface area contributed by atoms with E-state index in [2.05, 4.69) is 28.3 Å². The van der Waals surface area contributed by atoms with Crippen molar-refractivity contribution in [3.63, 3.8) is 0 Å². The first-order valence-corrected chi connectivity index (χ1v) is 7.24. The maximum atomic E-state index is 5.68. The Morgan fingerprint density at radius 3 is 3.00 bits per heavy atom. The van der Waals surface area contributed by atoms with Crippen LogP contribution in [0.2, 0.25) is 0 Å². The second kappa shape index (κ2) is 4.30. The summed E-state index contributed by atoms with van der Waals surface area (Å²) in [5.41, 5.74) is 5.73. The molecule has 0 radical (unpaired) electrons. The molecule has 84 valence electrons. The molecule has 1 atom stereocenters. The number of hydrogen-bond donors (Lipinski definition) is 2. The molecular formula is C12H14N2S2. The predicted octanol–water partition coefficient (Wildman–Crippen LogP) is 2.85. The fraction of sp³-hybridized carbons (Fsp3) is 0.333. The Morgan fingerprint density at radius 2 is 2.31 bits per heavy atom. The van der Waals surface area contributed by atoms with Crippen molar-refractivity contribution >= 4 is 22.7 Å². The van der Waals surface area contributed by atoms with Crippen LogP contribution in [0, 0.1) is 0 Å². The van der Waals surface area contributed by atoms with E-state index >= 15 is 0 Å². The highest BCUT2D eigenvalue weighted by molar-refractivity contribution is 7.12. The molecule has 1 aliphatic rings. The van der Waals surface area contributed by atoms with Gasteiger partial charge in [0.1, 0.15) is 0 Å². The molecular weight excluding hydrogens is 236 g/mol. The molecule has 0 amide bonds. The van der Waals surface area contributed by atoms with Gasteiger partial charge in [0, 0.05) is 9.75 Å². The highest BCUT2D eigenvalue weighted by Crippen LogP contribution is 2.36. The fourth-order valence-corrected chi connectivity index (χ4v) is 4.31. The van der Waals surface area contributed by atoms with Crippen LogP contribution >= 0.6 is 22.7 Å². The maximum Gasteiger partial charge on any atom is 0.0810 e. The summed E-state index contributed by atoms with van der Waals surface area (Å²) in [5.74, 6) is 5.68. The van der Waals surface area contributed by atoms with Crippen LogP contribution in [-0.4, -0.2) is 0 Å². The molecule has 0 aromatic carbocycles. The van der Waals surface area contributed by atoms with Crippen molar-refractivity contribution in [3.05, 3.63) is 43.8 Å². The van der Waals surface area contributed by atoms with Crippen molar-refractivity contribution in [1.29, 1.82) is 0 Å². The third-order valence-corrected chi connectivity index (χ3v) is 5.10. The molecule has 3 N–H and O–H groups in total. The number of rotatable bonds is 3. The smallest absolute Gasteiger partial charge is 0.0810 e. The van der Waals surface area contributed by atoms with Gasteiger partial charge in [-0.25, -0.2) is 5.43 Å². The minimum absolute atomic E-state index is 0.168. The normalized spacial score (nSPS) is 16.3. The molecule has 0 saturated carbocycles. The van der Waals surface area contributed by atoms with Crippen LogP contribution in [0.25, 0.3) is 0 Å². The van der Waals surface area contributed by atoms with Crippen molar-refractivity contribution in [3.8, 4) is 0 Å². The Bertz CT molecular complexity index is 452. The van der Waals surface area contributed by atoms with Gasteiger partial charge in [0.2, 0.25) is 0 Å². The molecule has 2 aromatic rings. The molecule has 2 aromatic heterocycles. The summed E-state index contributed by atoms with van der Waals surface area (Å²) in [4.78, 5) is 2.91. The Labute approximate surface area is 103 Å². The van der Waals surface area contributed by atoms with Crippen molar-refractivity contribution in [2.45, 2.75) is 25.3 Å². The van der Waals surface area contributed by atoms with Crippen LogP contribution in [0.4, 0.5) is 0 Å². The average molecular weight is 250 g/mol. The lowest BCUT2D eigenvalue weighted by Gasteiger charge is -2.12. The van der Waals surface area contributed by atoms with E-state index in [0.717, 1.165) is 0 Å². The van der Waals surface area contributed by atoms with Gasteiger partial charge in [0.15, 0.2) is 0 Å². The van der Waals surface area contributed by atoms with Gasteiger partial charge >= 0.3 is 0 Å². The van der Waals surface area contributed by atoms with Gasteiger partial charge < -0.3 is 0 Å². The lowest BCUT2D eigenvalue weighted by Crippen LogP contribution is -2.27. The number of thiophene rings is 2. The molecule has 0 bridgehead atoms. The minimum Gasteiger partial charge on any atom is -0.271 e. The van der Waals surface area contributed by atoms with Crippen molar-refractivity contribution in [2.75, 3.05) is 0 Å². The van der Waals surface area contributed by atoms with Crippen LogP contribution < -0.4 is 11.3 Å². The van der Waals surface area contributed by atoms with Crippen LogP contribution in [0.3, 0.4) is 0 Å². The number of nitrogens with one attached hydrogen (secondary N) is 1. The summed E-state index contributed by atoms with van der Waals surface area (Å²) in [5, 5.41) is 4.26. The topological polar surface area (TPSA) is 38.0 Å². The summed E-state index contributed by atoms with van der Waals surface area (Å²) < 4.78 is 0. The molecule has 1 aliphatic carbocycles. The van der Waals surface area contributed by atoms with Crippen LogP contribution in [0.1, 0.15) is 33.3 Å². The second-order valence-electron chi connectivity index (χ2n) is 4.11. The molecule has 2 nitrogen and oxygen atoms in total. The van der Waals surface area contributed by atoms with E-state index < -0.39 is 0 Å². The number of aryl methyl sites for hydroxylation is 2. The van der Waals surface area contributed by atoms with E-state index in [1.54, 1.807) is 16.2 Å². The molecule has 0 saturated heterocycles. The Morgan fingerprint density at radius 1 is 1.38 bits per heavy atom. The summed E-state index contributed by atoms with van der Waals surface area (Å²) in [6.45, 7) is 0. The third kappa shape index (κ3) is 1.72. The average Bonchev–Trinajstić information content (AvgIpc) is 2.91. The minimum atomic E-state index is 0.168. The molecule has 16 heavy (non-hydrogen) atoms. The number of hydrazine groups is 1. The lowest BCUT2D eigenvalue weighted by atomic mass is 10.1.